The van der Waals surface area contributed by atoms with Crippen molar-refractivity contribution in [3.05, 3.63) is 39.1 Å². The molecule has 1 heterocycles. The first kappa shape index (κ1) is 15.7. The Labute approximate surface area is 133 Å². The molecule has 6 heteroatoms. The normalized spacial score (nSPS) is 10.6. The Morgan fingerprint density at radius 1 is 1.10 bits per heavy atom. The monoisotopic (exact) mass is 349 g/mol. The van der Waals surface area contributed by atoms with Gasteiger partial charge < -0.3 is 10.7 Å². The Hall–Kier alpha value is -1.66. The van der Waals surface area contributed by atoms with Crippen LogP contribution >= 0.6 is 15.9 Å². The van der Waals surface area contributed by atoms with Crippen LogP contribution in [-0.2, 0) is 6.42 Å². The molecule has 0 spiro atoms. The van der Waals surface area contributed by atoms with Crippen LogP contribution in [0.4, 0.5) is 17.3 Å². The van der Waals surface area contributed by atoms with E-state index in [1.165, 1.54) is 0 Å². The van der Waals surface area contributed by atoms with Crippen molar-refractivity contribution in [3.8, 4) is 0 Å². The molecule has 1 aromatic carbocycles. The minimum absolute atomic E-state index is 0.650. The van der Waals surface area contributed by atoms with E-state index >= 15 is 0 Å². The summed E-state index contributed by atoms with van der Waals surface area (Å²) in [5.41, 5.74) is 6.90. The lowest BCUT2D eigenvalue weighted by atomic mass is 10.1. The van der Waals surface area contributed by atoms with E-state index in [2.05, 4.69) is 62.6 Å². The highest BCUT2D eigenvalue weighted by atomic mass is 79.9. The van der Waals surface area contributed by atoms with E-state index in [0.717, 1.165) is 44.9 Å². The largest absolute Gasteiger partial charge is 0.339 e. The lowest BCUT2D eigenvalue weighted by Gasteiger charge is -2.16. The fraction of sp³-hybridized carbons (Fsp3) is 0.333. The van der Waals surface area contributed by atoms with Gasteiger partial charge in [-0.1, -0.05) is 22.9 Å². The van der Waals surface area contributed by atoms with E-state index in [1.54, 1.807) is 0 Å². The number of nitrogen functional groups attached to an aromatic ring is 1. The highest BCUT2D eigenvalue weighted by Gasteiger charge is 2.12. The van der Waals surface area contributed by atoms with E-state index < -0.39 is 0 Å². The summed E-state index contributed by atoms with van der Waals surface area (Å²) in [7, 11) is 0. The van der Waals surface area contributed by atoms with Crippen molar-refractivity contribution in [3.63, 3.8) is 0 Å². The lowest BCUT2D eigenvalue weighted by Crippen LogP contribution is -2.14. The molecule has 0 amide bonds. The van der Waals surface area contributed by atoms with Crippen LogP contribution in [0.25, 0.3) is 0 Å². The molecule has 21 heavy (non-hydrogen) atoms. The van der Waals surface area contributed by atoms with E-state index in [4.69, 9.17) is 5.84 Å². The van der Waals surface area contributed by atoms with Gasteiger partial charge in [-0.3, -0.25) is 0 Å². The highest BCUT2D eigenvalue weighted by Crippen LogP contribution is 2.30. The number of rotatable bonds is 4. The molecule has 0 radical (unpaired) electrons. The van der Waals surface area contributed by atoms with Crippen LogP contribution in [0, 0.1) is 20.8 Å². The van der Waals surface area contributed by atoms with Crippen LogP contribution in [0.5, 0.6) is 0 Å². The average Bonchev–Trinajstić information content (AvgIpc) is 2.44. The third-order valence-electron chi connectivity index (χ3n) is 3.39. The number of benzene rings is 1. The second kappa shape index (κ2) is 6.41. The SMILES string of the molecule is CCc1nc(NN)c(C)c(Nc2c(C)cc(Br)cc2C)n1. The molecule has 0 fully saturated rings. The van der Waals surface area contributed by atoms with Crippen molar-refractivity contribution in [2.24, 2.45) is 5.84 Å². The van der Waals surface area contributed by atoms with Gasteiger partial charge in [-0.2, -0.15) is 0 Å². The molecule has 0 saturated carbocycles. The first-order chi connectivity index (χ1) is 9.96. The molecule has 2 aromatic rings. The fourth-order valence-electron chi connectivity index (χ4n) is 2.21. The van der Waals surface area contributed by atoms with Gasteiger partial charge in [0.25, 0.3) is 0 Å². The predicted octanol–water partition coefficient (Wildman–Crippen LogP) is 3.76. The Morgan fingerprint density at radius 3 is 2.19 bits per heavy atom. The zero-order valence-corrected chi connectivity index (χ0v) is 14.3. The van der Waals surface area contributed by atoms with E-state index in [9.17, 15) is 0 Å². The second-order valence-corrected chi connectivity index (χ2v) is 5.92. The number of nitrogens with two attached hydrogens (primary N) is 1. The standard InChI is InChI=1S/C15H20BrN5/c1-5-12-18-14(10(4)15(19-12)21-17)20-13-8(2)6-11(16)7-9(13)3/h6-7H,5,17H2,1-4H3,(H2,18,19,20,21). The van der Waals surface area contributed by atoms with Crippen LogP contribution in [-0.4, -0.2) is 9.97 Å². The summed E-state index contributed by atoms with van der Waals surface area (Å²) in [5, 5.41) is 3.42. The number of hydrogen-bond donors (Lipinski definition) is 3. The van der Waals surface area contributed by atoms with Gasteiger partial charge in [-0.05, 0) is 44.0 Å². The molecule has 0 unspecified atom stereocenters. The zero-order chi connectivity index (χ0) is 15.6. The number of aromatic nitrogens is 2. The van der Waals surface area contributed by atoms with E-state index in [0.29, 0.717) is 5.82 Å². The van der Waals surface area contributed by atoms with Gasteiger partial charge in [0.05, 0.1) is 0 Å². The number of nitrogens with one attached hydrogen (secondary N) is 2. The van der Waals surface area contributed by atoms with Gasteiger partial charge in [0.2, 0.25) is 0 Å². The Morgan fingerprint density at radius 2 is 1.67 bits per heavy atom. The first-order valence-electron chi connectivity index (χ1n) is 6.84. The van der Waals surface area contributed by atoms with Gasteiger partial charge in [0.1, 0.15) is 17.5 Å². The summed E-state index contributed by atoms with van der Waals surface area (Å²) in [5.74, 6) is 7.73. The predicted molar refractivity (Wildman–Crippen MR) is 90.9 cm³/mol. The zero-order valence-electron chi connectivity index (χ0n) is 12.7. The van der Waals surface area contributed by atoms with Crippen molar-refractivity contribution in [2.75, 3.05) is 10.7 Å². The topological polar surface area (TPSA) is 75.9 Å². The van der Waals surface area contributed by atoms with Crippen molar-refractivity contribution in [1.82, 2.24) is 9.97 Å². The van der Waals surface area contributed by atoms with Crippen LogP contribution in [0.3, 0.4) is 0 Å². The smallest absolute Gasteiger partial charge is 0.148 e. The molecule has 0 atom stereocenters. The molecule has 0 bridgehead atoms. The van der Waals surface area contributed by atoms with Gasteiger partial charge in [0.15, 0.2) is 0 Å². The third kappa shape index (κ3) is 3.33. The second-order valence-electron chi connectivity index (χ2n) is 5.00. The van der Waals surface area contributed by atoms with Crippen LogP contribution in [0.1, 0.15) is 29.4 Å². The summed E-state index contributed by atoms with van der Waals surface area (Å²) in [6.45, 7) is 8.10. The Bertz CT molecular complexity index is 646. The fourth-order valence-corrected chi connectivity index (χ4v) is 2.90. The maximum atomic E-state index is 5.54. The lowest BCUT2D eigenvalue weighted by molar-refractivity contribution is 0.931. The Balaban J connectivity index is 2.49. The molecule has 2 rings (SSSR count). The summed E-state index contributed by atoms with van der Waals surface area (Å²) in [4.78, 5) is 8.95. The van der Waals surface area contributed by atoms with Gasteiger partial charge in [0, 0.05) is 22.1 Å². The molecule has 0 aliphatic rings. The molecule has 4 N–H and O–H groups in total. The minimum atomic E-state index is 0.650. The maximum Gasteiger partial charge on any atom is 0.148 e. The average molecular weight is 350 g/mol. The Kier molecular flexibility index (Phi) is 4.80. The number of hydrogen-bond acceptors (Lipinski definition) is 5. The van der Waals surface area contributed by atoms with Crippen LogP contribution in [0.15, 0.2) is 16.6 Å². The number of halogens is 1. The molecule has 0 saturated heterocycles. The van der Waals surface area contributed by atoms with Crippen molar-refractivity contribution >= 4 is 33.3 Å². The number of anilines is 3. The summed E-state index contributed by atoms with van der Waals surface area (Å²) >= 11 is 3.51. The number of hydrazine groups is 1. The van der Waals surface area contributed by atoms with Crippen LogP contribution in [0.2, 0.25) is 0 Å². The van der Waals surface area contributed by atoms with E-state index in [-0.39, 0.29) is 0 Å². The van der Waals surface area contributed by atoms with Crippen molar-refractivity contribution < 1.29 is 0 Å². The van der Waals surface area contributed by atoms with Crippen molar-refractivity contribution in [2.45, 2.75) is 34.1 Å². The van der Waals surface area contributed by atoms with Gasteiger partial charge in [-0.15, -0.1) is 0 Å². The van der Waals surface area contributed by atoms with Crippen LogP contribution < -0.4 is 16.6 Å². The summed E-state index contributed by atoms with van der Waals surface area (Å²) in [6, 6.07) is 4.16. The van der Waals surface area contributed by atoms with Gasteiger partial charge >= 0.3 is 0 Å². The maximum absolute atomic E-state index is 5.54. The summed E-state index contributed by atoms with van der Waals surface area (Å²) < 4.78 is 1.07. The minimum Gasteiger partial charge on any atom is -0.339 e. The first-order valence-corrected chi connectivity index (χ1v) is 7.63. The highest BCUT2D eigenvalue weighted by molar-refractivity contribution is 9.10. The quantitative estimate of drug-likeness (QED) is 0.578. The van der Waals surface area contributed by atoms with Gasteiger partial charge in [-0.25, -0.2) is 15.8 Å². The summed E-state index contributed by atoms with van der Waals surface area (Å²) in [6.07, 6.45) is 0.752. The van der Waals surface area contributed by atoms with E-state index in [1.807, 2.05) is 13.8 Å². The molecule has 1 aromatic heterocycles. The molecule has 5 nitrogen and oxygen atoms in total. The molecule has 0 aliphatic carbocycles. The molecular weight excluding hydrogens is 330 g/mol. The molecule has 0 aliphatic heterocycles. The molecule has 112 valence electrons. The number of aryl methyl sites for hydroxylation is 3. The molecular formula is C15H20BrN5. The van der Waals surface area contributed by atoms with Crippen molar-refractivity contribution in [1.29, 1.82) is 0 Å². The number of nitrogens with zero attached hydrogens (tertiary/aromatic N) is 2. The third-order valence-corrected chi connectivity index (χ3v) is 3.84.